The predicted molar refractivity (Wildman–Crippen MR) is 77.1 cm³/mol. The third-order valence-corrected chi connectivity index (χ3v) is 2.77. The molecule has 2 N–H and O–H groups in total. The van der Waals surface area contributed by atoms with Crippen molar-refractivity contribution in [1.29, 1.82) is 0 Å². The van der Waals surface area contributed by atoms with Crippen LogP contribution in [0.5, 0.6) is 0 Å². The van der Waals surface area contributed by atoms with Crippen LogP contribution >= 0.6 is 0 Å². The highest BCUT2D eigenvalue weighted by Crippen LogP contribution is 2.01. The van der Waals surface area contributed by atoms with Gasteiger partial charge in [-0.15, -0.1) is 0 Å². The van der Waals surface area contributed by atoms with E-state index in [4.69, 9.17) is 4.74 Å². The summed E-state index contributed by atoms with van der Waals surface area (Å²) < 4.78 is 17.6. The zero-order chi connectivity index (χ0) is 15.5. The molecule has 1 aromatic carbocycles. The molecular weight excluding hydrogens is 275 g/mol. The first-order valence-corrected chi connectivity index (χ1v) is 7.03. The Balaban J connectivity index is 2.13. The maximum absolute atomic E-state index is 12.7. The number of esters is 1. The second kappa shape index (κ2) is 9.74. The van der Waals surface area contributed by atoms with Gasteiger partial charge in [0.25, 0.3) is 0 Å². The predicted octanol–water partition coefficient (Wildman–Crippen LogP) is 2.36. The normalized spacial score (nSPS) is 10.0. The largest absolute Gasteiger partial charge is 0.464 e. The van der Waals surface area contributed by atoms with Crippen molar-refractivity contribution in [2.24, 2.45) is 0 Å². The van der Waals surface area contributed by atoms with Crippen LogP contribution in [0.2, 0.25) is 0 Å². The van der Waals surface area contributed by atoms with Gasteiger partial charge in [0.2, 0.25) is 0 Å². The lowest BCUT2D eigenvalue weighted by Gasteiger charge is -2.08. The molecule has 0 saturated carbocycles. The summed E-state index contributed by atoms with van der Waals surface area (Å²) >= 11 is 0. The van der Waals surface area contributed by atoms with E-state index in [9.17, 15) is 14.0 Å². The third-order valence-electron chi connectivity index (χ3n) is 2.77. The number of carbonyl (C=O) groups excluding carboxylic acids is 2. The number of hydrogen-bond donors (Lipinski definition) is 2. The van der Waals surface area contributed by atoms with Crippen molar-refractivity contribution in [1.82, 2.24) is 10.6 Å². The van der Waals surface area contributed by atoms with Crippen molar-refractivity contribution in [3.8, 4) is 0 Å². The van der Waals surface area contributed by atoms with E-state index < -0.39 is 12.0 Å². The Bertz CT molecular complexity index is 449. The summed E-state index contributed by atoms with van der Waals surface area (Å²) in [5, 5.41) is 4.98. The minimum absolute atomic E-state index is 0.165. The standard InChI is InChI=1S/C15H21FN2O3/c1-2-3-4-9-21-14(19)11-18-15(20)17-10-12-5-7-13(16)8-6-12/h5-8H,2-4,9-11H2,1H3,(H2,17,18,20). The summed E-state index contributed by atoms with van der Waals surface area (Å²) in [7, 11) is 0. The van der Waals surface area contributed by atoms with Gasteiger partial charge in [-0.05, 0) is 24.1 Å². The number of urea groups is 1. The van der Waals surface area contributed by atoms with Gasteiger partial charge in [0.15, 0.2) is 0 Å². The maximum Gasteiger partial charge on any atom is 0.325 e. The molecule has 5 nitrogen and oxygen atoms in total. The molecule has 0 unspecified atom stereocenters. The first-order valence-electron chi connectivity index (χ1n) is 7.03. The van der Waals surface area contributed by atoms with E-state index in [1.807, 2.05) is 0 Å². The Hall–Kier alpha value is -2.11. The summed E-state index contributed by atoms with van der Waals surface area (Å²) in [5.41, 5.74) is 0.772. The summed E-state index contributed by atoms with van der Waals surface area (Å²) in [6.45, 7) is 2.54. The van der Waals surface area contributed by atoms with Crippen LogP contribution in [0, 0.1) is 5.82 Å². The van der Waals surface area contributed by atoms with Crippen LogP contribution in [0.25, 0.3) is 0 Å². The maximum atomic E-state index is 12.7. The molecule has 0 aliphatic carbocycles. The Morgan fingerprint density at radius 1 is 1.14 bits per heavy atom. The number of nitrogens with one attached hydrogen (secondary N) is 2. The van der Waals surface area contributed by atoms with Crippen LogP contribution in [0.4, 0.5) is 9.18 Å². The number of ether oxygens (including phenoxy) is 1. The van der Waals surface area contributed by atoms with Crippen LogP contribution in [0.15, 0.2) is 24.3 Å². The molecule has 6 heteroatoms. The zero-order valence-corrected chi connectivity index (χ0v) is 12.2. The molecule has 0 saturated heterocycles. The van der Waals surface area contributed by atoms with Crippen molar-refractivity contribution >= 4 is 12.0 Å². The Morgan fingerprint density at radius 3 is 2.52 bits per heavy atom. The fourth-order valence-electron chi connectivity index (χ4n) is 1.59. The molecule has 1 rings (SSSR count). The van der Waals surface area contributed by atoms with Crippen molar-refractivity contribution in [3.63, 3.8) is 0 Å². The summed E-state index contributed by atoms with van der Waals surface area (Å²) in [6.07, 6.45) is 2.90. The quantitative estimate of drug-likeness (QED) is 0.571. The summed E-state index contributed by atoms with van der Waals surface area (Å²) in [6, 6.07) is 5.34. The molecule has 0 aliphatic heterocycles. The Morgan fingerprint density at radius 2 is 1.86 bits per heavy atom. The lowest BCUT2D eigenvalue weighted by atomic mass is 10.2. The van der Waals surface area contributed by atoms with E-state index in [0.29, 0.717) is 6.61 Å². The second-order valence-corrected chi connectivity index (χ2v) is 4.59. The van der Waals surface area contributed by atoms with Crippen molar-refractivity contribution in [3.05, 3.63) is 35.6 Å². The summed E-state index contributed by atoms with van der Waals surface area (Å²) in [5.74, 6) is -0.781. The minimum Gasteiger partial charge on any atom is -0.464 e. The first-order chi connectivity index (χ1) is 10.1. The average Bonchev–Trinajstić information content (AvgIpc) is 2.49. The number of benzene rings is 1. The summed E-state index contributed by atoms with van der Waals surface area (Å²) in [4.78, 5) is 22.8. The zero-order valence-electron chi connectivity index (χ0n) is 12.2. The number of amides is 2. The van der Waals surface area contributed by atoms with Crippen LogP contribution < -0.4 is 10.6 Å². The smallest absolute Gasteiger partial charge is 0.325 e. The van der Waals surface area contributed by atoms with E-state index in [0.717, 1.165) is 24.8 Å². The number of carbonyl (C=O) groups is 2. The van der Waals surface area contributed by atoms with Gasteiger partial charge in [0, 0.05) is 6.54 Å². The van der Waals surface area contributed by atoms with Crippen molar-refractivity contribution in [2.75, 3.05) is 13.2 Å². The van der Waals surface area contributed by atoms with Crippen molar-refractivity contribution < 1.29 is 18.7 Å². The molecule has 116 valence electrons. The van der Waals surface area contributed by atoms with Gasteiger partial charge < -0.3 is 15.4 Å². The van der Waals surface area contributed by atoms with E-state index in [1.54, 1.807) is 12.1 Å². The topological polar surface area (TPSA) is 67.4 Å². The molecule has 0 aliphatic rings. The molecule has 0 bridgehead atoms. The lowest BCUT2D eigenvalue weighted by Crippen LogP contribution is -2.38. The van der Waals surface area contributed by atoms with Crippen LogP contribution in [0.1, 0.15) is 31.7 Å². The van der Waals surface area contributed by atoms with Gasteiger partial charge >= 0.3 is 12.0 Å². The van der Waals surface area contributed by atoms with Crippen molar-refractivity contribution in [2.45, 2.75) is 32.7 Å². The number of unbranched alkanes of at least 4 members (excludes halogenated alkanes) is 2. The third kappa shape index (κ3) is 7.91. The van der Waals surface area contributed by atoms with E-state index >= 15 is 0 Å². The van der Waals surface area contributed by atoms with E-state index in [-0.39, 0.29) is 18.9 Å². The minimum atomic E-state index is -0.468. The molecule has 0 aromatic heterocycles. The molecule has 1 aromatic rings. The lowest BCUT2D eigenvalue weighted by molar-refractivity contribution is -0.142. The van der Waals surface area contributed by atoms with Gasteiger partial charge in [-0.25, -0.2) is 9.18 Å². The molecule has 0 fully saturated rings. The molecule has 0 heterocycles. The average molecular weight is 296 g/mol. The number of hydrogen-bond acceptors (Lipinski definition) is 3. The van der Waals surface area contributed by atoms with E-state index in [2.05, 4.69) is 17.6 Å². The SMILES string of the molecule is CCCCCOC(=O)CNC(=O)NCc1ccc(F)cc1. The monoisotopic (exact) mass is 296 g/mol. The van der Waals surface area contributed by atoms with Crippen LogP contribution in [-0.4, -0.2) is 25.2 Å². The van der Waals surface area contributed by atoms with Gasteiger partial charge in [-0.2, -0.15) is 0 Å². The number of rotatable bonds is 8. The number of halogens is 1. The van der Waals surface area contributed by atoms with Gasteiger partial charge in [-0.1, -0.05) is 31.9 Å². The molecule has 2 amide bonds. The fourth-order valence-corrected chi connectivity index (χ4v) is 1.59. The highest BCUT2D eigenvalue weighted by atomic mass is 19.1. The molecule has 0 radical (unpaired) electrons. The Kier molecular flexibility index (Phi) is 7.86. The van der Waals surface area contributed by atoms with Gasteiger partial charge in [0.1, 0.15) is 12.4 Å². The fraction of sp³-hybridized carbons (Fsp3) is 0.467. The molecular formula is C15H21FN2O3. The van der Waals surface area contributed by atoms with E-state index in [1.165, 1.54) is 12.1 Å². The molecule has 21 heavy (non-hydrogen) atoms. The van der Waals surface area contributed by atoms with Gasteiger partial charge in [0.05, 0.1) is 6.61 Å². The molecule has 0 atom stereocenters. The Labute approximate surface area is 123 Å². The van der Waals surface area contributed by atoms with Gasteiger partial charge in [-0.3, -0.25) is 4.79 Å². The van der Waals surface area contributed by atoms with Crippen LogP contribution in [-0.2, 0) is 16.1 Å². The first kappa shape index (κ1) is 16.9. The molecule has 0 spiro atoms. The highest BCUT2D eigenvalue weighted by molar-refractivity contribution is 5.80. The van der Waals surface area contributed by atoms with Crippen LogP contribution in [0.3, 0.4) is 0 Å². The highest BCUT2D eigenvalue weighted by Gasteiger charge is 2.06. The second-order valence-electron chi connectivity index (χ2n) is 4.59.